The van der Waals surface area contributed by atoms with Gasteiger partial charge in [0.05, 0.1) is 12.0 Å². The molecule has 0 saturated carbocycles. The van der Waals surface area contributed by atoms with Gasteiger partial charge in [-0.3, -0.25) is 4.79 Å². The largest absolute Gasteiger partial charge is 0.492 e. The highest BCUT2D eigenvalue weighted by atomic mass is 19.1. The number of carbonyl (C=O) groups excluding carboxylic acids is 1. The molecule has 120 valence electrons. The molecule has 1 amide bonds. The zero-order valence-corrected chi connectivity index (χ0v) is 12.8. The number of amides is 1. The minimum Gasteiger partial charge on any atom is -0.492 e. The number of nitrogens with zero attached hydrogens (tertiary/aromatic N) is 1. The second-order valence-corrected chi connectivity index (χ2v) is 6.37. The van der Waals surface area contributed by atoms with Crippen molar-refractivity contribution in [3.63, 3.8) is 0 Å². The van der Waals surface area contributed by atoms with Crippen LogP contribution in [0.15, 0.2) is 18.2 Å². The number of piperidine rings is 1. The number of fused-ring (bicyclic) bond motifs is 1. The summed E-state index contributed by atoms with van der Waals surface area (Å²) in [6, 6.07) is 4.45. The first kappa shape index (κ1) is 15.3. The van der Waals surface area contributed by atoms with Crippen LogP contribution in [0, 0.1) is 17.7 Å². The van der Waals surface area contributed by atoms with E-state index in [1.54, 1.807) is 6.07 Å². The lowest BCUT2D eigenvalue weighted by Crippen LogP contribution is -2.45. The number of hydrogen-bond donors (Lipinski definition) is 1. The third-order valence-electron chi connectivity index (χ3n) is 4.81. The fourth-order valence-electron chi connectivity index (χ4n) is 3.38. The van der Waals surface area contributed by atoms with Gasteiger partial charge in [-0.15, -0.1) is 0 Å². The lowest BCUT2D eigenvalue weighted by molar-refractivity contribution is -0.138. The molecule has 1 saturated heterocycles. The Morgan fingerprint density at radius 2 is 2.14 bits per heavy atom. The molecule has 1 aromatic rings. The zero-order chi connectivity index (χ0) is 15.7. The minimum atomic E-state index is -0.315. The van der Waals surface area contributed by atoms with Gasteiger partial charge in [0, 0.05) is 13.1 Å². The molecule has 0 aliphatic carbocycles. The molecule has 1 N–H and O–H groups in total. The van der Waals surface area contributed by atoms with Crippen molar-refractivity contribution in [3.05, 3.63) is 29.6 Å². The smallest absolute Gasteiger partial charge is 0.229 e. The van der Waals surface area contributed by atoms with Crippen LogP contribution < -0.4 is 4.74 Å². The zero-order valence-electron chi connectivity index (χ0n) is 12.8. The van der Waals surface area contributed by atoms with Crippen LogP contribution in [0.4, 0.5) is 4.39 Å². The Bertz CT molecular complexity index is 553. The van der Waals surface area contributed by atoms with Gasteiger partial charge in [0.1, 0.15) is 18.2 Å². The van der Waals surface area contributed by atoms with Crippen molar-refractivity contribution in [1.29, 1.82) is 0 Å². The van der Waals surface area contributed by atoms with Gasteiger partial charge in [-0.1, -0.05) is 0 Å². The molecule has 3 rings (SSSR count). The molecule has 1 aromatic carbocycles. The van der Waals surface area contributed by atoms with E-state index in [4.69, 9.17) is 4.74 Å². The van der Waals surface area contributed by atoms with Gasteiger partial charge in [-0.05, 0) is 55.9 Å². The molecule has 0 spiro atoms. The van der Waals surface area contributed by atoms with Crippen LogP contribution in [0.5, 0.6) is 5.75 Å². The van der Waals surface area contributed by atoms with Crippen molar-refractivity contribution in [2.24, 2.45) is 11.8 Å². The maximum atomic E-state index is 13.3. The van der Waals surface area contributed by atoms with Crippen molar-refractivity contribution in [2.45, 2.75) is 32.3 Å². The number of aliphatic hydroxyl groups excluding tert-OH is 1. The van der Waals surface area contributed by atoms with Crippen molar-refractivity contribution in [2.75, 3.05) is 19.7 Å². The second kappa shape index (κ2) is 6.24. The summed E-state index contributed by atoms with van der Waals surface area (Å²) in [5, 5.41) is 9.63. The van der Waals surface area contributed by atoms with Crippen molar-refractivity contribution in [3.8, 4) is 5.75 Å². The number of ether oxygens (including phenoxy) is 1. The molecule has 0 aromatic heterocycles. The van der Waals surface area contributed by atoms with E-state index in [0.717, 1.165) is 18.4 Å². The lowest BCUT2D eigenvalue weighted by Gasteiger charge is -2.36. The van der Waals surface area contributed by atoms with E-state index in [2.05, 4.69) is 0 Å². The molecular formula is C17H22FNO3. The van der Waals surface area contributed by atoms with E-state index < -0.39 is 0 Å². The molecule has 4 nitrogen and oxygen atoms in total. The van der Waals surface area contributed by atoms with Crippen LogP contribution in [0.2, 0.25) is 0 Å². The van der Waals surface area contributed by atoms with E-state index in [1.165, 1.54) is 12.1 Å². The highest BCUT2D eigenvalue weighted by Gasteiger charge is 2.32. The van der Waals surface area contributed by atoms with Crippen LogP contribution in [-0.4, -0.2) is 41.7 Å². The number of halogens is 1. The molecule has 2 atom stereocenters. The standard InChI is InChI=1S/C17H22FNO3/c1-11(20)12-4-6-19(7-5-12)17(21)14-8-13-9-15(18)2-3-16(13)22-10-14/h2-3,9,11-12,14,20H,4-8,10H2,1H3. The van der Waals surface area contributed by atoms with Crippen molar-refractivity contribution in [1.82, 2.24) is 4.90 Å². The fraction of sp³-hybridized carbons (Fsp3) is 0.588. The lowest BCUT2D eigenvalue weighted by atomic mass is 9.90. The Hall–Kier alpha value is -1.62. The van der Waals surface area contributed by atoms with E-state index in [1.807, 2.05) is 11.8 Å². The summed E-state index contributed by atoms with van der Waals surface area (Å²) in [4.78, 5) is 14.5. The summed E-state index contributed by atoms with van der Waals surface area (Å²) >= 11 is 0. The molecule has 1 fully saturated rings. The Balaban J connectivity index is 1.62. The van der Waals surface area contributed by atoms with Crippen LogP contribution in [-0.2, 0) is 11.2 Å². The quantitative estimate of drug-likeness (QED) is 0.909. The average Bonchev–Trinajstić information content (AvgIpc) is 2.53. The number of likely N-dealkylation sites (tertiary alicyclic amines) is 1. The maximum Gasteiger partial charge on any atom is 0.229 e. The van der Waals surface area contributed by atoms with Crippen LogP contribution in [0.3, 0.4) is 0 Å². The minimum absolute atomic E-state index is 0.0824. The predicted octanol–water partition coefficient (Wildman–Crippen LogP) is 2.00. The maximum absolute atomic E-state index is 13.3. The Kier molecular flexibility index (Phi) is 4.34. The van der Waals surface area contributed by atoms with Gasteiger partial charge in [0.25, 0.3) is 0 Å². The molecule has 2 unspecified atom stereocenters. The first-order chi connectivity index (χ1) is 10.5. The molecule has 0 radical (unpaired) electrons. The summed E-state index contributed by atoms with van der Waals surface area (Å²) in [6.45, 7) is 3.53. The van der Waals surface area contributed by atoms with E-state index in [9.17, 15) is 14.3 Å². The summed E-state index contributed by atoms with van der Waals surface area (Å²) < 4.78 is 18.9. The molecule has 2 aliphatic rings. The third kappa shape index (κ3) is 3.09. The van der Waals surface area contributed by atoms with Gasteiger partial charge in [0.15, 0.2) is 0 Å². The highest BCUT2D eigenvalue weighted by Crippen LogP contribution is 2.30. The number of aliphatic hydroxyl groups is 1. The van der Waals surface area contributed by atoms with E-state index in [0.29, 0.717) is 31.9 Å². The molecule has 5 heteroatoms. The van der Waals surface area contributed by atoms with Crippen molar-refractivity contribution >= 4 is 5.91 Å². The van der Waals surface area contributed by atoms with Crippen LogP contribution in [0.1, 0.15) is 25.3 Å². The number of rotatable bonds is 2. The topological polar surface area (TPSA) is 49.8 Å². The summed E-state index contributed by atoms with van der Waals surface area (Å²) in [5.74, 6) is 0.504. The number of hydrogen-bond acceptors (Lipinski definition) is 3. The second-order valence-electron chi connectivity index (χ2n) is 6.37. The van der Waals surface area contributed by atoms with Gasteiger partial charge >= 0.3 is 0 Å². The predicted molar refractivity (Wildman–Crippen MR) is 80.1 cm³/mol. The molecule has 22 heavy (non-hydrogen) atoms. The van der Waals surface area contributed by atoms with Gasteiger partial charge < -0.3 is 14.7 Å². The Labute approximate surface area is 129 Å². The van der Waals surface area contributed by atoms with Crippen molar-refractivity contribution < 1.29 is 19.0 Å². The van der Waals surface area contributed by atoms with Crippen LogP contribution in [0.25, 0.3) is 0 Å². The monoisotopic (exact) mass is 307 g/mol. The molecule has 2 aliphatic heterocycles. The highest BCUT2D eigenvalue weighted by molar-refractivity contribution is 5.80. The summed E-state index contributed by atoms with van der Waals surface area (Å²) in [5.41, 5.74) is 0.767. The van der Waals surface area contributed by atoms with E-state index >= 15 is 0 Å². The molecule has 0 bridgehead atoms. The van der Waals surface area contributed by atoms with Gasteiger partial charge in [-0.2, -0.15) is 0 Å². The van der Waals surface area contributed by atoms with Crippen LogP contribution >= 0.6 is 0 Å². The Morgan fingerprint density at radius 3 is 2.82 bits per heavy atom. The number of carbonyl (C=O) groups is 1. The molecule has 2 heterocycles. The van der Waals surface area contributed by atoms with Gasteiger partial charge in [0.2, 0.25) is 5.91 Å². The number of benzene rings is 1. The first-order valence-electron chi connectivity index (χ1n) is 7.92. The summed E-state index contributed by atoms with van der Waals surface area (Å²) in [7, 11) is 0. The summed E-state index contributed by atoms with van der Waals surface area (Å²) in [6.07, 6.45) is 1.89. The van der Waals surface area contributed by atoms with Gasteiger partial charge in [-0.25, -0.2) is 4.39 Å². The molecular weight excluding hydrogens is 285 g/mol. The fourth-order valence-corrected chi connectivity index (χ4v) is 3.38. The van der Waals surface area contributed by atoms with E-state index in [-0.39, 0.29) is 29.7 Å². The normalized spacial score (nSPS) is 23.6. The SMILES string of the molecule is CC(O)C1CCN(C(=O)C2COc3ccc(F)cc3C2)CC1. The average molecular weight is 307 g/mol. The third-order valence-corrected chi connectivity index (χ3v) is 4.81. The Morgan fingerprint density at radius 1 is 1.41 bits per heavy atom. The first-order valence-corrected chi connectivity index (χ1v) is 7.92.